The quantitative estimate of drug-likeness (QED) is 0.0191. The summed E-state index contributed by atoms with van der Waals surface area (Å²) in [5.74, 6) is 4.11. The van der Waals surface area contributed by atoms with Gasteiger partial charge in [-0.25, -0.2) is 34.9 Å². The number of ether oxygens (including phenoxy) is 2. The molecule has 7 atom stereocenters. The van der Waals surface area contributed by atoms with Gasteiger partial charge < -0.3 is 97.5 Å². The Kier molecular flexibility index (Phi) is 33.6. The number of halogens is 8. The van der Waals surface area contributed by atoms with Gasteiger partial charge in [0.05, 0.1) is 84.9 Å². The van der Waals surface area contributed by atoms with E-state index in [0.717, 1.165) is 120 Å². The van der Waals surface area contributed by atoms with Crippen LogP contribution in [0.4, 0.5) is 75.6 Å². The van der Waals surface area contributed by atoms with Gasteiger partial charge in [-0.15, -0.1) is 24.0 Å². The van der Waals surface area contributed by atoms with E-state index in [0.29, 0.717) is 151 Å². The van der Waals surface area contributed by atoms with Gasteiger partial charge in [-0.2, -0.15) is 44.9 Å². The van der Waals surface area contributed by atoms with Crippen molar-refractivity contribution in [3.63, 3.8) is 0 Å². The van der Waals surface area contributed by atoms with Gasteiger partial charge in [0.2, 0.25) is 29.7 Å². The minimum atomic E-state index is -1.24. The average molecular weight is 2750 g/mol. The summed E-state index contributed by atoms with van der Waals surface area (Å²) in [7, 11) is 0. The fourth-order valence-electron chi connectivity index (χ4n) is 16.0. The van der Waals surface area contributed by atoms with Crippen LogP contribution in [0.3, 0.4) is 0 Å². The van der Waals surface area contributed by atoms with Crippen molar-refractivity contribution in [1.82, 2.24) is 144 Å². The zero-order valence-corrected chi connectivity index (χ0v) is 92.1. The summed E-state index contributed by atoms with van der Waals surface area (Å²) in [6, 6.07) is 49.9. The average Bonchev–Trinajstić information content (AvgIpc) is 1.68. The van der Waals surface area contributed by atoms with Crippen molar-refractivity contribution in [3.05, 3.63) is 251 Å². The molecule has 5 aromatic carbocycles. The van der Waals surface area contributed by atoms with Gasteiger partial charge in [-0.3, -0.25) is 53.6 Å². The molecule has 2 saturated heterocycles. The van der Waals surface area contributed by atoms with Crippen LogP contribution < -0.4 is 66.9 Å². The number of pyridine rings is 5. The molecule has 0 bridgehead atoms. The molecule has 3 aliphatic carbocycles. The van der Waals surface area contributed by atoms with Crippen LogP contribution in [-0.4, -0.2) is 231 Å². The Hall–Kier alpha value is -12.7. The van der Waals surface area contributed by atoms with Crippen LogP contribution in [-0.2, 0) is 9.47 Å². The van der Waals surface area contributed by atoms with Crippen LogP contribution in [0.5, 0.6) is 0 Å². The molecule has 0 radical (unpaired) electrons. The third-order valence-corrected chi connectivity index (χ3v) is 24.1. The number of H-pyrrole nitrogens is 6. The summed E-state index contributed by atoms with van der Waals surface area (Å²) in [6.45, 7) is -0.647. The number of aliphatic hydroxyl groups excluding tert-OH is 5. The molecule has 0 spiro atoms. The molecule has 46 nitrogen and oxygen atoms in total. The molecule has 0 amide bonds. The number of nitrogens with zero attached hydrogens (tertiary/aromatic N) is 23. The van der Waals surface area contributed by atoms with E-state index in [1.54, 1.807) is 52.8 Å². The molecule has 148 heavy (non-hydrogen) atoms. The van der Waals surface area contributed by atoms with Crippen LogP contribution in [0.15, 0.2) is 235 Å². The Morgan fingerprint density at radius 1 is 0.412 bits per heavy atom. The van der Waals surface area contributed by atoms with Crippen LogP contribution in [0.2, 0.25) is 5.15 Å². The molecule has 19 heterocycles. The Morgan fingerprint density at radius 3 is 1.20 bits per heavy atom. The summed E-state index contributed by atoms with van der Waals surface area (Å²) >= 11 is 18.7. The van der Waals surface area contributed by atoms with Gasteiger partial charge in [0.1, 0.15) is 41.7 Å². The number of hydrogen-bond donors (Lipinski definition) is 19. The van der Waals surface area contributed by atoms with E-state index in [4.69, 9.17) is 26.1 Å². The smallest absolute Gasteiger partial charge is 0.278 e. The first-order chi connectivity index (χ1) is 71.9. The topological polar surface area (TPSA) is 625 Å². The van der Waals surface area contributed by atoms with E-state index in [1.165, 1.54) is 38.2 Å². The summed E-state index contributed by atoms with van der Waals surface area (Å²) in [6.07, 6.45) is 19.0. The number of anilines is 13. The van der Waals surface area contributed by atoms with Crippen molar-refractivity contribution in [1.29, 1.82) is 0 Å². The van der Waals surface area contributed by atoms with E-state index in [2.05, 4.69) is 263 Å². The Balaban J connectivity index is 0.000000113. The zero-order chi connectivity index (χ0) is 101. The van der Waals surface area contributed by atoms with Crippen molar-refractivity contribution >= 4 is 323 Å². The molecule has 2 aliphatic heterocycles. The van der Waals surface area contributed by atoms with E-state index < -0.39 is 49.6 Å². The van der Waals surface area contributed by atoms with Gasteiger partial charge in [0, 0.05) is 148 Å². The van der Waals surface area contributed by atoms with E-state index in [9.17, 15) is 35.1 Å². The summed E-state index contributed by atoms with van der Waals surface area (Å²) < 4.78 is 15.3. The standard InChI is InChI=1S/C22H23N7O4.C22H23N7O3.C17H15N7.C14H9ClN6.C14H10N6O.C5H3BrN4O.I3.I2.HI/c30-9-15-17(31)18(32)21(33-15)29-10-24-16-19(25-12-3-4-12)27-22(28-20(16)29)26-13-5-6-14-11(8-13)2-1-7-23-14;30-10-17-16(31)9-18(32-17)29-11-24-19-20(25-13-3-4-13)27-22(28-21(19)29)26-14-5-6-15-12(8-14)2-1-7-23-15;1-2-10-8-12(5-6-13(10)18-7-1)22-17-23-15-14(19-9-20-15)16(24-17)21-11-3-4-11;15-12-11-13(18-7-17-11)21-14(20-12)19-9-3-4-10-8(6-9)2-1-5-16-10;21-13-11-12(17-7-16-11)19-14(20-13)18-9-3-4-10-8(6-9)2-1-5-15-10;6-5-9-3-2(4(11)10-5)7-1-8-3;1-3-2;1-2;/h1-2,5-8,10,12,15,17-18,21,30-32H,3-4,9H2,(H2,25,26,27,28);1-2,5-8,11,13,16-18,30-31H,3-4,9-10H2,(H2,25,26,27,28);1-2,5-9,11H,3-4H2,(H3,19,20,21,22,23,24);1-7H,(H2,17,18,19,20,21);1-7H,(H3,16,17,18,19,20,21);1H,(H2,7,8,9,10,11);;;1H/q;;;;;;-1;;. The van der Waals surface area contributed by atoms with Crippen LogP contribution in [0.1, 0.15) is 57.4 Å². The molecule has 54 heteroatoms. The zero-order valence-electron chi connectivity index (χ0n) is 76.6. The molecule has 5 aliphatic rings. The number of nitrogens with one attached hydrogen (secondary N) is 14. The first-order valence-corrected chi connectivity index (χ1v) is 65.5. The third-order valence-electron chi connectivity index (χ3n) is 23.5. The van der Waals surface area contributed by atoms with Crippen molar-refractivity contribution in [2.24, 2.45) is 0 Å². The van der Waals surface area contributed by atoms with Crippen molar-refractivity contribution in [2.75, 3.05) is 55.7 Å². The predicted octanol–water partition coefficient (Wildman–Crippen LogP) is 13.7. The van der Waals surface area contributed by atoms with Crippen LogP contribution in [0.25, 0.3) is 121 Å². The first-order valence-electron chi connectivity index (χ1n) is 45.5. The molecule has 22 aromatic rings. The van der Waals surface area contributed by atoms with Crippen molar-refractivity contribution in [2.45, 2.75) is 106 Å². The summed E-state index contributed by atoms with van der Waals surface area (Å²) in [5.41, 5.74) is 14.8. The monoisotopic (exact) mass is 2750 g/mol. The molecule has 27 rings (SSSR count). The van der Waals surface area contributed by atoms with Gasteiger partial charge in [0.15, 0.2) is 89.5 Å². The maximum absolute atomic E-state index is 11.8. The third kappa shape index (κ3) is 24.9. The fraction of sp³-hybridized carbons (Fsp3) is 0.202. The number of aliphatic hydroxyl groups is 5. The van der Waals surface area contributed by atoms with E-state index in [1.807, 2.05) is 152 Å². The van der Waals surface area contributed by atoms with Gasteiger partial charge in [-0.1, -0.05) is 41.9 Å². The number of fused-ring (bicyclic) bond motifs is 11. The maximum Gasteiger partial charge on any atom is 0.278 e. The second-order valence-electron chi connectivity index (χ2n) is 33.7. The minimum Gasteiger partial charge on any atom is -0.394 e. The SMILES string of the molecule is Clc1nc(Nc2ccc3ncccc3c2)nc2nc[nH]c12.I.II.I[I-]I.O=c1[nH]c(Br)nc2nc[nH]c12.O=c1[nH]c(Nc2ccc3ncccc3c2)nc2nc[nH]c12.OCC1OC(n2cnc3c(NC4CC4)nc(Nc4ccc5ncccc5c4)nc32)C(O)C1O.OCC1OC(n2cnc3c(NC4CC4)nc(Nc4ccc5ncccc5c4)nc32)CC1O.c1cnc2ccc(Nc3nc(NC4CC4)c4[nH]cnc4n3)cc2c1. The Bertz CT molecular complexity index is 8610. The number of hydrogen-bond acceptors (Lipinski definition) is 38. The summed E-state index contributed by atoms with van der Waals surface area (Å²) in [4.78, 5) is 131. The molecular formula is C94H84BrClI6N37O9-. The first kappa shape index (κ1) is 104. The number of benzene rings is 5. The molecule has 19 N–H and O–H groups in total. The van der Waals surface area contributed by atoms with E-state index in [-0.39, 0.29) is 41.7 Å². The molecule has 17 aromatic heterocycles. The number of imidazole rings is 6. The molecule has 3 saturated carbocycles. The minimum absolute atomic E-state index is 0. The predicted molar refractivity (Wildman–Crippen MR) is 607 cm³/mol. The number of aromatic nitrogens is 29. The molecule has 756 valence electrons. The van der Waals surface area contributed by atoms with Gasteiger partial charge in [-0.05, 0) is 176 Å². The number of rotatable bonds is 20. The van der Waals surface area contributed by atoms with Crippen molar-refractivity contribution < 1.29 is 48.3 Å². The van der Waals surface area contributed by atoms with Gasteiger partial charge >= 0.3 is 50.5 Å². The van der Waals surface area contributed by atoms with Crippen LogP contribution >= 0.6 is 126 Å². The largest absolute Gasteiger partial charge is 0.394 e. The second-order valence-corrected chi connectivity index (χ2v) is 51.0. The summed E-state index contributed by atoms with van der Waals surface area (Å²) in [5, 5.41) is 81.5. The molecule has 5 fully saturated rings. The van der Waals surface area contributed by atoms with Gasteiger partial charge in [0.25, 0.3) is 11.1 Å². The fourth-order valence-corrected chi connectivity index (χ4v) is 16.5. The normalized spacial score (nSPS) is 17.0. The molecule has 7 unspecified atom stereocenters. The van der Waals surface area contributed by atoms with Crippen molar-refractivity contribution in [3.8, 4) is 0 Å². The Labute approximate surface area is 918 Å². The molecular weight excluding hydrogens is 2670 g/mol. The maximum atomic E-state index is 11.8. The van der Waals surface area contributed by atoms with Crippen LogP contribution in [0, 0.1) is 0 Å². The Morgan fingerprint density at radius 2 is 0.777 bits per heavy atom. The van der Waals surface area contributed by atoms with E-state index >= 15 is 0 Å². The number of aromatic amines is 6. The second kappa shape index (κ2) is 47.9.